The summed E-state index contributed by atoms with van der Waals surface area (Å²) in [4.78, 5) is 25.9. The van der Waals surface area contributed by atoms with Gasteiger partial charge in [0.05, 0.1) is 5.92 Å². The van der Waals surface area contributed by atoms with Crippen molar-refractivity contribution in [3.63, 3.8) is 0 Å². The number of nitrogens with zero attached hydrogens (tertiary/aromatic N) is 4. The molecule has 4 rings (SSSR count). The van der Waals surface area contributed by atoms with Crippen LogP contribution in [0.3, 0.4) is 0 Å². The van der Waals surface area contributed by atoms with Crippen LogP contribution in [-0.4, -0.2) is 60.0 Å². The lowest BCUT2D eigenvalue weighted by Gasteiger charge is -2.35. The van der Waals surface area contributed by atoms with E-state index in [0.29, 0.717) is 5.91 Å². The SMILES string of the molecule is O=C(C1CCCN(c2ccccn2)C1)N1CCCN(Cc2cccs2)CC1. The topological polar surface area (TPSA) is 39.7 Å². The molecule has 0 saturated carbocycles. The number of pyridine rings is 1. The molecule has 1 atom stereocenters. The number of rotatable bonds is 4. The Morgan fingerprint density at radius 3 is 2.85 bits per heavy atom. The third-order valence-corrected chi connectivity index (χ3v) is 6.46. The number of hydrogen-bond donors (Lipinski definition) is 0. The molecule has 0 radical (unpaired) electrons. The molecule has 2 aromatic heterocycles. The molecule has 0 spiro atoms. The molecule has 0 N–H and O–H groups in total. The molecule has 2 aromatic rings. The molecule has 4 heterocycles. The van der Waals surface area contributed by atoms with Crippen molar-refractivity contribution < 1.29 is 4.79 Å². The Balaban J connectivity index is 1.33. The van der Waals surface area contributed by atoms with Crippen LogP contribution in [0, 0.1) is 5.92 Å². The molecular weight excluding hydrogens is 356 g/mol. The van der Waals surface area contributed by atoms with Gasteiger partial charge in [-0.05, 0) is 42.8 Å². The number of hydrogen-bond acceptors (Lipinski definition) is 5. The van der Waals surface area contributed by atoms with Crippen LogP contribution in [0.2, 0.25) is 0 Å². The van der Waals surface area contributed by atoms with E-state index in [-0.39, 0.29) is 5.92 Å². The van der Waals surface area contributed by atoms with Gasteiger partial charge in [-0.25, -0.2) is 4.98 Å². The first-order chi connectivity index (χ1) is 13.3. The Morgan fingerprint density at radius 1 is 1.07 bits per heavy atom. The number of amides is 1. The Kier molecular flexibility index (Phi) is 6.04. The Bertz CT molecular complexity index is 721. The van der Waals surface area contributed by atoms with E-state index in [4.69, 9.17) is 0 Å². The molecule has 2 aliphatic rings. The Hall–Kier alpha value is -1.92. The largest absolute Gasteiger partial charge is 0.356 e. The standard InChI is InChI=1S/C21H28N4OS/c26-21(18-6-3-11-25(16-18)20-8-1-2-9-22-20)24-12-5-10-23(13-14-24)17-19-7-4-15-27-19/h1-2,4,7-9,15,18H,3,5-6,10-14,16-17H2. The molecule has 6 heteroatoms. The van der Waals surface area contributed by atoms with E-state index >= 15 is 0 Å². The minimum Gasteiger partial charge on any atom is -0.356 e. The van der Waals surface area contributed by atoms with Crippen molar-refractivity contribution in [2.45, 2.75) is 25.8 Å². The summed E-state index contributed by atoms with van der Waals surface area (Å²) in [5.74, 6) is 1.44. The zero-order valence-electron chi connectivity index (χ0n) is 15.8. The smallest absolute Gasteiger partial charge is 0.227 e. The van der Waals surface area contributed by atoms with Crippen LogP contribution >= 0.6 is 11.3 Å². The second-order valence-electron chi connectivity index (χ2n) is 7.51. The van der Waals surface area contributed by atoms with Crippen LogP contribution in [-0.2, 0) is 11.3 Å². The highest BCUT2D eigenvalue weighted by atomic mass is 32.1. The van der Waals surface area contributed by atoms with Crippen LogP contribution in [0.4, 0.5) is 5.82 Å². The van der Waals surface area contributed by atoms with E-state index in [1.165, 1.54) is 4.88 Å². The summed E-state index contributed by atoms with van der Waals surface area (Å²) in [6.07, 6.45) is 4.95. The van der Waals surface area contributed by atoms with E-state index in [9.17, 15) is 4.79 Å². The Labute approximate surface area is 165 Å². The molecule has 5 nitrogen and oxygen atoms in total. The van der Waals surface area contributed by atoms with Gasteiger partial charge in [-0.1, -0.05) is 12.1 Å². The van der Waals surface area contributed by atoms with Gasteiger partial charge < -0.3 is 9.80 Å². The van der Waals surface area contributed by atoms with Crippen molar-refractivity contribution in [3.05, 3.63) is 46.8 Å². The maximum atomic E-state index is 13.2. The zero-order chi connectivity index (χ0) is 18.5. The fourth-order valence-electron chi connectivity index (χ4n) is 4.16. The van der Waals surface area contributed by atoms with Crippen molar-refractivity contribution in [2.24, 2.45) is 5.92 Å². The maximum absolute atomic E-state index is 13.2. The lowest BCUT2D eigenvalue weighted by atomic mass is 9.96. The molecule has 0 aliphatic carbocycles. The molecule has 144 valence electrons. The van der Waals surface area contributed by atoms with Gasteiger partial charge in [0.1, 0.15) is 5.82 Å². The number of anilines is 1. The maximum Gasteiger partial charge on any atom is 0.227 e. The van der Waals surface area contributed by atoms with Crippen LogP contribution in [0.1, 0.15) is 24.1 Å². The first kappa shape index (κ1) is 18.4. The first-order valence-corrected chi connectivity index (χ1v) is 10.9. The van der Waals surface area contributed by atoms with Crippen molar-refractivity contribution in [1.82, 2.24) is 14.8 Å². The van der Waals surface area contributed by atoms with Gasteiger partial charge >= 0.3 is 0 Å². The molecule has 27 heavy (non-hydrogen) atoms. The van der Waals surface area contributed by atoms with Gasteiger partial charge in [-0.15, -0.1) is 11.3 Å². The summed E-state index contributed by atoms with van der Waals surface area (Å²) in [5.41, 5.74) is 0. The third kappa shape index (κ3) is 4.68. The monoisotopic (exact) mass is 384 g/mol. The van der Waals surface area contributed by atoms with E-state index in [2.05, 4.69) is 37.2 Å². The predicted octanol–water partition coefficient (Wildman–Crippen LogP) is 3.09. The van der Waals surface area contributed by atoms with Crippen LogP contribution < -0.4 is 4.90 Å². The fourth-order valence-corrected chi connectivity index (χ4v) is 4.90. The van der Waals surface area contributed by atoms with E-state index in [0.717, 1.165) is 70.9 Å². The highest BCUT2D eigenvalue weighted by molar-refractivity contribution is 7.09. The van der Waals surface area contributed by atoms with Gasteiger partial charge in [0.15, 0.2) is 0 Å². The molecule has 1 unspecified atom stereocenters. The Morgan fingerprint density at radius 2 is 2.04 bits per heavy atom. The van der Waals surface area contributed by atoms with E-state index < -0.39 is 0 Å². The average molecular weight is 385 g/mol. The van der Waals surface area contributed by atoms with Crippen molar-refractivity contribution >= 4 is 23.1 Å². The first-order valence-electron chi connectivity index (χ1n) is 9.99. The van der Waals surface area contributed by atoms with Gasteiger partial charge in [-0.2, -0.15) is 0 Å². The summed E-state index contributed by atoms with van der Waals surface area (Å²) in [6.45, 7) is 6.59. The molecule has 0 aromatic carbocycles. The van der Waals surface area contributed by atoms with E-state index in [1.54, 1.807) is 0 Å². The molecular formula is C21H28N4OS. The van der Waals surface area contributed by atoms with Gasteiger partial charge in [-0.3, -0.25) is 9.69 Å². The van der Waals surface area contributed by atoms with Crippen molar-refractivity contribution in [1.29, 1.82) is 0 Å². The van der Waals surface area contributed by atoms with Gasteiger partial charge in [0, 0.05) is 56.9 Å². The number of carbonyl (C=O) groups excluding carboxylic acids is 1. The van der Waals surface area contributed by atoms with Crippen molar-refractivity contribution in [2.75, 3.05) is 44.2 Å². The zero-order valence-corrected chi connectivity index (χ0v) is 16.6. The molecule has 2 saturated heterocycles. The lowest BCUT2D eigenvalue weighted by Crippen LogP contribution is -2.46. The lowest BCUT2D eigenvalue weighted by molar-refractivity contribution is -0.135. The predicted molar refractivity (Wildman–Crippen MR) is 110 cm³/mol. The second kappa shape index (κ2) is 8.85. The highest BCUT2D eigenvalue weighted by Crippen LogP contribution is 2.23. The van der Waals surface area contributed by atoms with Crippen LogP contribution in [0.15, 0.2) is 41.9 Å². The fraction of sp³-hybridized carbons (Fsp3) is 0.524. The normalized spacial score (nSPS) is 21.9. The summed E-state index contributed by atoms with van der Waals surface area (Å²) in [6, 6.07) is 10.3. The number of aromatic nitrogens is 1. The highest BCUT2D eigenvalue weighted by Gasteiger charge is 2.30. The molecule has 2 aliphatic heterocycles. The minimum atomic E-state index is 0.101. The van der Waals surface area contributed by atoms with E-state index in [1.807, 2.05) is 35.7 Å². The number of carbonyl (C=O) groups is 1. The van der Waals surface area contributed by atoms with Gasteiger partial charge in [0.25, 0.3) is 0 Å². The number of thiophene rings is 1. The van der Waals surface area contributed by atoms with Gasteiger partial charge in [0.2, 0.25) is 5.91 Å². The average Bonchev–Trinajstić information content (AvgIpc) is 3.12. The summed E-state index contributed by atoms with van der Waals surface area (Å²) < 4.78 is 0. The molecule has 2 fully saturated rings. The number of piperidine rings is 1. The summed E-state index contributed by atoms with van der Waals surface area (Å²) >= 11 is 1.82. The second-order valence-corrected chi connectivity index (χ2v) is 8.54. The molecule has 1 amide bonds. The van der Waals surface area contributed by atoms with Crippen molar-refractivity contribution in [3.8, 4) is 0 Å². The minimum absolute atomic E-state index is 0.101. The summed E-state index contributed by atoms with van der Waals surface area (Å²) in [5, 5.41) is 2.14. The van der Waals surface area contributed by atoms with Crippen LogP contribution in [0.25, 0.3) is 0 Å². The molecule has 0 bridgehead atoms. The van der Waals surface area contributed by atoms with Crippen LogP contribution in [0.5, 0.6) is 0 Å². The quantitative estimate of drug-likeness (QED) is 0.812. The summed E-state index contributed by atoms with van der Waals surface area (Å²) in [7, 11) is 0. The third-order valence-electron chi connectivity index (χ3n) is 5.60.